The molecule has 0 saturated heterocycles. The van der Waals surface area contributed by atoms with E-state index in [1.54, 1.807) is 29.0 Å². The van der Waals surface area contributed by atoms with Crippen LogP contribution < -0.4 is 10.9 Å². The van der Waals surface area contributed by atoms with Gasteiger partial charge in [-0.3, -0.25) is 9.59 Å². The molecule has 0 atom stereocenters. The van der Waals surface area contributed by atoms with Crippen molar-refractivity contribution in [3.8, 4) is 5.82 Å². The van der Waals surface area contributed by atoms with Crippen LogP contribution in [0.3, 0.4) is 0 Å². The molecule has 4 rings (SSSR count). The molecule has 0 saturated carbocycles. The average Bonchev–Trinajstić information content (AvgIpc) is 2.96. The monoisotopic (exact) mass is 361 g/mol. The Bertz CT molecular complexity index is 1220. The molecule has 136 valence electrons. The zero-order chi connectivity index (χ0) is 19.1. The molecule has 0 aliphatic heterocycles. The minimum absolute atomic E-state index is 0.0560. The fraction of sp³-hybridized carbons (Fsp3) is 0.200. The Hall–Kier alpha value is -3.48. The Kier molecular flexibility index (Phi) is 3.99. The van der Waals surface area contributed by atoms with Crippen LogP contribution in [-0.4, -0.2) is 31.3 Å². The molecule has 0 aliphatic carbocycles. The Balaban J connectivity index is 2.16. The first-order valence-electron chi connectivity index (χ1n) is 8.71. The summed E-state index contributed by atoms with van der Waals surface area (Å²) >= 11 is 0. The first-order chi connectivity index (χ1) is 13.0. The molecule has 1 amide bonds. The smallest absolute Gasteiger partial charge is 0.297 e. The van der Waals surface area contributed by atoms with Gasteiger partial charge in [-0.15, -0.1) is 0 Å². The van der Waals surface area contributed by atoms with E-state index in [4.69, 9.17) is 0 Å². The molecule has 0 unspecified atom stereocenters. The highest BCUT2D eigenvalue weighted by Crippen LogP contribution is 2.28. The Morgan fingerprint density at radius 1 is 1.11 bits per heavy atom. The van der Waals surface area contributed by atoms with Crippen molar-refractivity contribution >= 4 is 27.7 Å². The highest BCUT2D eigenvalue weighted by atomic mass is 16.2. The van der Waals surface area contributed by atoms with Gasteiger partial charge < -0.3 is 9.88 Å². The van der Waals surface area contributed by atoms with Crippen LogP contribution in [0.1, 0.15) is 24.3 Å². The molecule has 7 nitrogen and oxygen atoms in total. The minimum Gasteiger partial charge on any atom is -0.348 e. The van der Waals surface area contributed by atoms with E-state index >= 15 is 0 Å². The first-order valence-corrected chi connectivity index (χ1v) is 8.71. The van der Waals surface area contributed by atoms with E-state index < -0.39 is 0 Å². The molecule has 4 aromatic rings. The second-order valence-electron chi connectivity index (χ2n) is 6.68. The maximum Gasteiger partial charge on any atom is 0.297 e. The lowest BCUT2D eigenvalue weighted by Gasteiger charge is -2.11. The summed E-state index contributed by atoms with van der Waals surface area (Å²) in [4.78, 5) is 30.3. The summed E-state index contributed by atoms with van der Waals surface area (Å²) in [6.07, 6.45) is 1.59. The van der Waals surface area contributed by atoms with Gasteiger partial charge in [-0.05, 0) is 32.0 Å². The molecule has 3 aromatic heterocycles. The first kappa shape index (κ1) is 17.0. The largest absolute Gasteiger partial charge is 0.348 e. The Labute approximate surface area is 155 Å². The van der Waals surface area contributed by atoms with Crippen LogP contribution in [0.2, 0.25) is 0 Å². The summed E-state index contributed by atoms with van der Waals surface area (Å²) in [5.74, 6) is 0.0456. The molecule has 0 radical (unpaired) electrons. The second kappa shape index (κ2) is 6.35. The molecule has 1 aromatic carbocycles. The predicted molar refractivity (Wildman–Crippen MR) is 104 cm³/mol. The number of aromatic nitrogens is 4. The normalized spacial score (nSPS) is 11.4. The molecular formula is C20H19N5O2. The van der Waals surface area contributed by atoms with Crippen molar-refractivity contribution in [2.45, 2.75) is 19.9 Å². The summed E-state index contributed by atoms with van der Waals surface area (Å²) in [7, 11) is 1.82. The number of hydrogen-bond acceptors (Lipinski definition) is 4. The van der Waals surface area contributed by atoms with Crippen LogP contribution in [0.5, 0.6) is 0 Å². The van der Waals surface area contributed by atoms with Crippen molar-refractivity contribution < 1.29 is 4.79 Å². The minimum atomic E-state index is -0.323. The fourth-order valence-corrected chi connectivity index (χ4v) is 3.30. The Morgan fingerprint density at radius 3 is 2.56 bits per heavy atom. The van der Waals surface area contributed by atoms with Gasteiger partial charge in [0, 0.05) is 35.6 Å². The van der Waals surface area contributed by atoms with Gasteiger partial charge >= 0.3 is 0 Å². The molecular weight excluding hydrogens is 342 g/mol. The van der Waals surface area contributed by atoms with Crippen LogP contribution in [0.25, 0.3) is 27.6 Å². The van der Waals surface area contributed by atoms with Gasteiger partial charge in [0.15, 0.2) is 11.5 Å². The maximum atomic E-state index is 13.2. The van der Waals surface area contributed by atoms with Gasteiger partial charge in [-0.25, -0.2) is 4.98 Å². The molecule has 3 heterocycles. The number of nitrogens with one attached hydrogen (secondary N) is 1. The summed E-state index contributed by atoms with van der Waals surface area (Å²) < 4.78 is 3.00. The van der Waals surface area contributed by atoms with Gasteiger partial charge in [-0.1, -0.05) is 24.3 Å². The predicted octanol–water partition coefficient (Wildman–Crippen LogP) is 2.41. The van der Waals surface area contributed by atoms with Crippen LogP contribution in [0, 0.1) is 0 Å². The van der Waals surface area contributed by atoms with E-state index in [1.807, 2.05) is 45.2 Å². The summed E-state index contributed by atoms with van der Waals surface area (Å²) in [6, 6.07) is 12.8. The number of carbonyl (C=O) groups is 1. The van der Waals surface area contributed by atoms with Gasteiger partial charge in [0.05, 0.1) is 0 Å². The van der Waals surface area contributed by atoms with E-state index in [0.29, 0.717) is 16.7 Å². The van der Waals surface area contributed by atoms with E-state index in [0.717, 1.165) is 10.9 Å². The number of nitrogens with zero attached hydrogens (tertiary/aromatic N) is 4. The molecule has 0 fully saturated rings. The zero-order valence-corrected chi connectivity index (χ0v) is 15.3. The van der Waals surface area contributed by atoms with Gasteiger partial charge in [0.25, 0.3) is 11.5 Å². The molecule has 27 heavy (non-hydrogen) atoms. The van der Waals surface area contributed by atoms with Crippen LogP contribution >= 0.6 is 0 Å². The summed E-state index contributed by atoms with van der Waals surface area (Å²) in [5, 5.41) is 8.66. The molecule has 7 heteroatoms. The van der Waals surface area contributed by atoms with E-state index in [2.05, 4.69) is 15.4 Å². The number of amides is 1. The van der Waals surface area contributed by atoms with Gasteiger partial charge in [0.2, 0.25) is 0 Å². The molecule has 1 N–H and O–H groups in total. The molecule has 0 aliphatic rings. The number of hydrogen-bond donors (Lipinski definition) is 1. The quantitative estimate of drug-likeness (QED) is 0.607. The lowest BCUT2D eigenvalue weighted by atomic mass is 10.1. The van der Waals surface area contributed by atoms with Gasteiger partial charge in [0.1, 0.15) is 5.52 Å². The number of para-hydroxylation sites is 1. The fourth-order valence-electron chi connectivity index (χ4n) is 3.30. The molecule has 0 bridgehead atoms. The second-order valence-corrected chi connectivity index (χ2v) is 6.68. The zero-order valence-electron chi connectivity index (χ0n) is 15.3. The third-order valence-electron chi connectivity index (χ3n) is 4.44. The van der Waals surface area contributed by atoms with Crippen molar-refractivity contribution in [1.29, 1.82) is 0 Å². The van der Waals surface area contributed by atoms with Crippen molar-refractivity contribution in [1.82, 2.24) is 24.6 Å². The van der Waals surface area contributed by atoms with Crippen molar-refractivity contribution in [3.05, 3.63) is 64.7 Å². The van der Waals surface area contributed by atoms with E-state index in [-0.39, 0.29) is 23.2 Å². The average molecular weight is 361 g/mol. The van der Waals surface area contributed by atoms with Gasteiger partial charge in [-0.2, -0.15) is 9.78 Å². The summed E-state index contributed by atoms with van der Waals surface area (Å²) in [6.45, 7) is 3.76. The van der Waals surface area contributed by atoms with Crippen molar-refractivity contribution in [2.75, 3.05) is 0 Å². The topological polar surface area (TPSA) is 81.8 Å². The number of carbonyl (C=O) groups excluding carboxylic acids is 1. The lowest BCUT2D eigenvalue weighted by Crippen LogP contribution is -2.34. The third-order valence-corrected chi connectivity index (χ3v) is 4.44. The van der Waals surface area contributed by atoms with Crippen LogP contribution in [-0.2, 0) is 7.05 Å². The highest BCUT2D eigenvalue weighted by Gasteiger charge is 2.23. The third kappa shape index (κ3) is 2.68. The SMILES string of the molecule is CC(C)NC(=O)c1nn(-c2ccccn2)c(=O)c2c1c1ccccc1n2C. The standard InChI is InChI=1S/C20H19N5O2/c1-12(2)22-19(26)17-16-13-8-4-5-9-14(13)24(3)18(16)20(27)25(23-17)15-10-6-7-11-21-15/h4-12H,1-3H3,(H,22,26). The maximum absolute atomic E-state index is 13.2. The number of aryl methyl sites for hydroxylation is 1. The summed E-state index contributed by atoms with van der Waals surface area (Å²) in [5.41, 5.74) is 1.18. The molecule has 0 spiro atoms. The Morgan fingerprint density at radius 2 is 1.85 bits per heavy atom. The van der Waals surface area contributed by atoms with Crippen molar-refractivity contribution in [3.63, 3.8) is 0 Å². The van der Waals surface area contributed by atoms with E-state index in [9.17, 15) is 9.59 Å². The lowest BCUT2D eigenvalue weighted by molar-refractivity contribution is 0.0938. The number of pyridine rings is 1. The van der Waals surface area contributed by atoms with Crippen LogP contribution in [0.15, 0.2) is 53.5 Å². The van der Waals surface area contributed by atoms with Crippen LogP contribution in [0.4, 0.5) is 0 Å². The number of fused-ring (bicyclic) bond motifs is 3. The van der Waals surface area contributed by atoms with Crippen molar-refractivity contribution in [2.24, 2.45) is 7.05 Å². The number of rotatable bonds is 3. The number of benzene rings is 1. The highest BCUT2D eigenvalue weighted by molar-refractivity contribution is 6.16. The van der Waals surface area contributed by atoms with E-state index in [1.165, 1.54) is 4.68 Å².